The third kappa shape index (κ3) is 7.30. The van der Waals surface area contributed by atoms with E-state index in [0.717, 1.165) is 37.9 Å². The lowest BCUT2D eigenvalue weighted by Crippen LogP contribution is -2.58. The highest BCUT2D eigenvalue weighted by atomic mass is 16.5. The standard InChI is InChI=1S/C24H37N3O4/c1-30-17-7-12-25-24(29)23(21-10-5-6-11-21)27-15-13-26(14-16-27)22(28)19-31-18-20-8-3-2-4-9-20/h2-4,8-9,21,23H,5-7,10-19H2,1H3,(H,25,29)/t23-/m1/s1. The minimum absolute atomic E-state index is 0.0250. The molecule has 1 aromatic rings. The van der Waals surface area contributed by atoms with Gasteiger partial charge in [0.25, 0.3) is 0 Å². The molecule has 2 aliphatic rings. The second kappa shape index (κ2) is 12.8. The number of hydrogen-bond donors (Lipinski definition) is 1. The molecule has 1 aliphatic carbocycles. The van der Waals surface area contributed by atoms with Crippen LogP contribution in [0.4, 0.5) is 0 Å². The molecule has 7 heteroatoms. The highest BCUT2D eigenvalue weighted by molar-refractivity contribution is 5.82. The van der Waals surface area contributed by atoms with Gasteiger partial charge in [0.05, 0.1) is 12.6 Å². The molecule has 1 aromatic carbocycles. The molecule has 31 heavy (non-hydrogen) atoms. The zero-order valence-electron chi connectivity index (χ0n) is 18.8. The van der Waals surface area contributed by atoms with E-state index in [0.29, 0.717) is 38.8 Å². The summed E-state index contributed by atoms with van der Waals surface area (Å²) < 4.78 is 10.7. The minimum atomic E-state index is -0.0865. The van der Waals surface area contributed by atoms with Gasteiger partial charge < -0.3 is 19.7 Å². The number of carbonyl (C=O) groups excluding carboxylic acids is 2. The summed E-state index contributed by atoms with van der Waals surface area (Å²) in [7, 11) is 1.68. The van der Waals surface area contributed by atoms with Crippen molar-refractivity contribution in [3.05, 3.63) is 35.9 Å². The van der Waals surface area contributed by atoms with Crippen molar-refractivity contribution < 1.29 is 19.1 Å². The van der Waals surface area contributed by atoms with E-state index in [-0.39, 0.29) is 24.5 Å². The normalized spacial score (nSPS) is 18.8. The van der Waals surface area contributed by atoms with Gasteiger partial charge in [-0.2, -0.15) is 0 Å². The Bertz CT molecular complexity index is 671. The van der Waals surface area contributed by atoms with Gasteiger partial charge in [-0.25, -0.2) is 0 Å². The third-order valence-electron chi connectivity index (χ3n) is 6.34. The van der Waals surface area contributed by atoms with Crippen LogP contribution >= 0.6 is 0 Å². The number of nitrogens with one attached hydrogen (secondary N) is 1. The fourth-order valence-corrected chi connectivity index (χ4v) is 4.66. The van der Waals surface area contributed by atoms with Gasteiger partial charge in [0.15, 0.2) is 0 Å². The summed E-state index contributed by atoms with van der Waals surface area (Å²) in [6, 6.07) is 9.80. The van der Waals surface area contributed by atoms with Crippen molar-refractivity contribution >= 4 is 11.8 Å². The predicted octanol–water partition coefficient (Wildman–Crippen LogP) is 2.06. The average molecular weight is 432 g/mol. The molecular formula is C24H37N3O4. The maximum absolute atomic E-state index is 13.0. The SMILES string of the molecule is COCCCNC(=O)[C@@H](C1CCCC1)N1CCN(C(=O)COCc2ccccc2)CC1. The van der Waals surface area contributed by atoms with E-state index >= 15 is 0 Å². The largest absolute Gasteiger partial charge is 0.385 e. The molecule has 1 N–H and O–H groups in total. The van der Waals surface area contributed by atoms with Crippen molar-refractivity contribution in [2.45, 2.75) is 44.8 Å². The Balaban J connectivity index is 1.45. The van der Waals surface area contributed by atoms with Crippen LogP contribution in [-0.4, -0.2) is 80.7 Å². The van der Waals surface area contributed by atoms with Crippen LogP contribution in [0.15, 0.2) is 30.3 Å². The number of hydrogen-bond acceptors (Lipinski definition) is 5. The van der Waals surface area contributed by atoms with Crippen LogP contribution in [-0.2, 0) is 25.7 Å². The number of benzene rings is 1. The first-order chi connectivity index (χ1) is 15.2. The molecular weight excluding hydrogens is 394 g/mol. The zero-order chi connectivity index (χ0) is 21.9. The van der Waals surface area contributed by atoms with Crippen molar-refractivity contribution in [2.75, 3.05) is 53.0 Å². The molecule has 1 aliphatic heterocycles. The van der Waals surface area contributed by atoms with Gasteiger partial charge in [-0.3, -0.25) is 14.5 Å². The van der Waals surface area contributed by atoms with Crippen molar-refractivity contribution in [2.24, 2.45) is 5.92 Å². The fraction of sp³-hybridized carbons (Fsp3) is 0.667. The van der Waals surface area contributed by atoms with Crippen LogP contribution in [0.5, 0.6) is 0 Å². The van der Waals surface area contributed by atoms with E-state index in [1.54, 1.807) is 7.11 Å². The number of nitrogens with zero attached hydrogens (tertiary/aromatic N) is 2. The molecule has 1 heterocycles. The molecule has 1 saturated heterocycles. The molecule has 2 fully saturated rings. The van der Waals surface area contributed by atoms with E-state index in [1.165, 1.54) is 12.8 Å². The lowest BCUT2D eigenvalue weighted by Gasteiger charge is -2.40. The van der Waals surface area contributed by atoms with Gasteiger partial charge in [0, 0.05) is 46.4 Å². The molecule has 0 bridgehead atoms. The second-order valence-corrected chi connectivity index (χ2v) is 8.52. The van der Waals surface area contributed by atoms with Crippen LogP contribution in [0, 0.1) is 5.92 Å². The number of ether oxygens (including phenoxy) is 2. The van der Waals surface area contributed by atoms with Crippen molar-refractivity contribution in [1.29, 1.82) is 0 Å². The summed E-state index contributed by atoms with van der Waals surface area (Å²) in [6.07, 6.45) is 5.46. The Morgan fingerprint density at radius 2 is 1.81 bits per heavy atom. The maximum Gasteiger partial charge on any atom is 0.248 e. The smallest absolute Gasteiger partial charge is 0.248 e. The Morgan fingerprint density at radius 3 is 2.48 bits per heavy atom. The molecule has 1 saturated carbocycles. The van der Waals surface area contributed by atoms with Crippen molar-refractivity contribution in [3.63, 3.8) is 0 Å². The lowest BCUT2D eigenvalue weighted by molar-refractivity contribution is -0.139. The number of piperazine rings is 1. The molecule has 2 amide bonds. The van der Waals surface area contributed by atoms with Crippen LogP contribution in [0.3, 0.4) is 0 Å². The number of amides is 2. The van der Waals surface area contributed by atoms with E-state index < -0.39 is 0 Å². The summed E-state index contributed by atoms with van der Waals surface area (Å²) in [5.74, 6) is 0.574. The van der Waals surface area contributed by atoms with E-state index in [2.05, 4.69) is 10.2 Å². The molecule has 0 unspecified atom stereocenters. The predicted molar refractivity (Wildman–Crippen MR) is 119 cm³/mol. The van der Waals surface area contributed by atoms with Gasteiger partial charge in [-0.1, -0.05) is 43.2 Å². The van der Waals surface area contributed by atoms with Crippen LogP contribution in [0.1, 0.15) is 37.7 Å². The maximum atomic E-state index is 13.0. The molecule has 1 atom stereocenters. The monoisotopic (exact) mass is 431 g/mol. The first-order valence-electron chi connectivity index (χ1n) is 11.6. The molecule has 0 spiro atoms. The first-order valence-corrected chi connectivity index (χ1v) is 11.6. The summed E-state index contributed by atoms with van der Waals surface area (Å²) in [5, 5.41) is 3.11. The Morgan fingerprint density at radius 1 is 1.10 bits per heavy atom. The van der Waals surface area contributed by atoms with Crippen molar-refractivity contribution in [1.82, 2.24) is 15.1 Å². The molecule has 3 rings (SSSR count). The van der Waals surface area contributed by atoms with Crippen molar-refractivity contribution in [3.8, 4) is 0 Å². The zero-order valence-corrected chi connectivity index (χ0v) is 18.8. The Hall–Kier alpha value is -1.96. The molecule has 7 nitrogen and oxygen atoms in total. The average Bonchev–Trinajstić information content (AvgIpc) is 3.32. The van der Waals surface area contributed by atoms with E-state index in [1.807, 2.05) is 35.2 Å². The summed E-state index contributed by atoms with van der Waals surface area (Å²) in [4.78, 5) is 29.7. The Kier molecular flexibility index (Phi) is 9.78. The van der Waals surface area contributed by atoms with Crippen LogP contribution in [0.25, 0.3) is 0 Å². The minimum Gasteiger partial charge on any atom is -0.385 e. The topological polar surface area (TPSA) is 71.1 Å². The summed E-state index contributed by atoms with van der Waals surface area (Å²) >= 11 is 0. The Labute approximate surface area is 186 Å². The molecule has 0 radical (unpaired) electrons. The lowest BCUT2D eigenvalue weighted by atomic mass is 9.95. The van der Waals surface area contributed by atoms with Gasteiger partial charge in [-0.15, -0.1) is 0 Å². The van der Waals surface area contributed by atoms with Crippen LogP contribution in [0.2, 0.25) is 0 Å². The van der Waals surface area contributed by atoms with E-state index in [4.69, 9.17) is 9.47 Å². The fourth-order valence-electron chi connectivity index (χ4n) is 4.66. The first kappa shape index (κ1) is 23.7. The van der Waals surface area contributed by atoms with Gasteiger partial charge >= 0.3 is 0 Å². The highest BCUT2D eigenvalue weighted by Crippen LogP contribution is 2.31. The number of rotatable bonds is 11. The summed E-state index contributed by atoms with van der Waals surface area (Å²) in [5.41, 5.74) is 1.07. The van der Waals surface area contributed by atoms with Crippen LogP contribution < -0.4 is 5.32 Å². The quantitative estimate of drug-likeness (QED) is 0.543. The second-order valence-electron chi connectivity index (χ2n) is 8.52. The van der Waals surface area contributed by atoms with Gasteiger partial charge in [0.1, 0.15) is 6.61 Å². The van der Waals surface area contributed by atoms with E-state index in [9.17, 15) is 9.59 Å². The number of methoxy groups -OCH3 is 1. The highest BCUT2D eigenvalue weighted by Gasteiger charge is 2.37. The third-order valence-corrected chi connectivity index (χ3v) is 6.34. The van der Waals surface area contributed by atoms with Gasteiger partial charge in [0.2, 0.25) is 11.8 Å². The summed E-state index contributed by atoms with van der Waals surface area (Å²) in [6.45, 7) is 4.60. The van der Waals surface area contributed by atoms with Gasteiger partial charge in [-0.05, 0) is 30.7 Å². The molecule has 172 valence electrons. The number of carbonyl (C=O) groups is 2. The molecule has 0 aromatic heterocycles.